The van der Waals surface area contributed by atoms with Gasteiger partial charge >= 0.3 is 0 Å². The zero-order valence-corrected chi connectivity index (χ0v) is 14.4. The van der Waals surface area contributed by atoms with Gasteiger partial charge in [-0.3, -0.25) is 9.69 Å². The molecule has 126 valence electrons. The Morgan fingerprint density at radius 1 is 0.792 bits per heavy atom. The van der Waals surface area contributed by atoms with E-state index < -0.39 is 0 Å². The number of nitrogens with zero attached hydrogens (tertiary/aromatic N) is 1. The maximum atomic E-state index is 12.4. The summed E-state index contributed by atoms with van der Waals surface area (Å²) in [5.74, 6) is 0.679. The Morgan fingerprint density at radius 3 is 1.96 bits per heavy atom. The molecule has 0 heterocycles. The molecule has 2 nitrogen and oxygen atoms in total. The number of hydrogen-bond donors (Lipinski definition) is 0. The van der Waals surface area contributed by atoms with E-state index in [1.807, 2.05) is 0 Å². The summed E-state index contributed by atoms with van der Waals surface area (Å²) in [4.78, 5) is 14.9. The molecule has 2 heteroatoms. The van der Waals surface area contributed by atoms with E-state index in [1.54, 1.807) is 0 Å². The lowest BCUT2D eigenvalue weighted by atomic mass is 9.97. The van der Waals surface area contributed by atoms with Crippen LogP contribution < -0.4 is 0 Å². The van der Waals surface area contributed by atoms with Crippen LogP contribution >= 0.6 is 0 Å². The van der Waals surface area contributed by atoms with Crippen LogP contribution in [0.4, 0.5) is 0 Å². The van der Waals surface area contributed by atoms with E-state index in [0.29, 0.717) is 5.78 Å². The van der Waals surface area contributed by atoms with E-state index >= 15 is 0 Å². The first-order valence-electron chi connectivity index (χ1n) is 9.14. The normalized spacial score (nSPS) is 18.5. The third-order valence-electron chi connectivity index (χ3n) is 4.91. The van der Waals surface area contributed by atoms with Gasteiger partial charge in [0.25, 0.3) is 0 Å². The molecule has 0 saturated heterocycles. The van der Waals surface area contributed by atoms with E-state index in [9.17, 15) is 4.79 Å². The average molecular weight is 321 g/mol. The van der Waals surface area contributed by atoms with Crippen molar-refractivity contribution in [1.82, 2.24) is 4.90 Å². The quantitative estimate of drug-likeness (QED) is 0.710. The fraction of sp³-hybridized carbons (Fsp3) is 0.409. The molecule has 1 atom stereocenters. The number of benzene rings is 2. The summed E-state index contributed by atoms with van der Waals surface area (Å²) in [5.41, 5.74) is 2.63. The van der Waals surface area contributed by atoms with Crippen molar-refractivity contribution in [2.75, 3.05) is 6.54 Å². The van der Waals surface area contributed by atoms with Crippen molar-refractivity contribution in [3.8, 4) is 0 Å². The zero-order chi connectivity index (χ0) is 16.6. The second kappa shape index (κ2) is 8.79. The van der Waals surface area contributed by atoms with Crippen LogP contribution in [-0.4, -0.2) is 17.2 Å². The van der Waals surface area contributed by atoms with Crippen LogP contribution in [0.3, 0.4) is 0 Å². The summed E-state index contributed by atoms with van der Waals surface area (Å²) in [6.45, 7) is 2.68. The van der Waals surface area contributed by atoms with Gasteiger partial charge in [-0.05, 0) is 24.0 Å². The lowest BCUT2D eigenvalue weighted by Crippen LogP contribution is -2.32. The standard InChI is InChI=1S/C22H27NO/c24-22-15-9-3-8-14-21(22)18-23(16-19-10-4-1-5-11-19)17-20-12-6-2-7-13-20/h1-2,4-7,10-13,21H,3,8-9,14-18H2. The Labute approximate surface area is 145 Å². The van der Waals surface area contributed by atoms with Crippen LogP contribution in [0, 0.1) is 5.92 Å². The molecule has 1 saturated carbocycles. The third kappa shape index (κ3) is 5.04. The van der Waals surface area contributed by atoms with Crippen LogP contribution in [0.1, 0.15) is 43.2 Å². The number of ketones is 1. The minimum absolute atomic E-state index is 0.208. The fourth-order valence-corrected chi connectivity index (χ4v) is 3.60. The average Bonchev–Trinajstić information content (AvgIpc) is 2.81. The van der Waals surface area contributed by atoms with E-state index in [2.05, 4.69) is 65.6 Å². The molecule has 3 rings (SSSR count). The van der Waals surface area contributed by atoms with E-state index in [1.165, 1.54) is 24.0 Å². The lowest BCUT2D eigenvalue weighted by molar-refractivity contribution is -0.123. The van der Waals surface area contributed by atoms with Gasteiger partial charge in [-0.15, -0.1) is 0 Å². The van der Waals surface area contributed by atoms with Crippen molar-refractivity contribution in [2.45, 2.75) is 45.2 Å². The van der Waals surface area contributed by atoms with Crippen molar-refractivity contribution >= 4 is 5.78 Å². The second-order valence-electron chi connectivity index (χ2n) is 6.90. The van der Waals surface area contributed by atoms with Crippen molar-refractivity contribution in [3.05, 3.63) is 71.8 Å². The van der Waals surface area contributed by atoms with Gasteiger partial charge in [0, 0.05) is 32.0 Å². The Hall–Kier alpha value is -1.93. The molecule has 1 aliphatic carbocycles. The molecule has 0 bridgehead atoms. The Balaban J connectivity index is 1.72. The molecule has 2 aromatic rings. The van der Waals surface area contributed by atoms with Gasteiger partial charge in [0.05, 0.1) is 0 Å². The van der Waals surface area contributed by atoms with Gasteiger partial charge < -0.3 is 0 Å². The lowest BCUT2D eigenvalue weighted by Gasteiger charge is -2.26. The third-order valence-corrected chi connectivity index (χ3v) is 4.91. The first kappa shape index (κ1) is 16.9. The Kier molecular flexibility index (Phi) is 6.20. The molecule has 1 aliphatic rings. The number of rotatable bonds is 6. The highest BCUT2D eigenvalue weighted by Crippen LogP contribution is 2.22. The number of Topliss-reactive ketones (excluding diaryl/α,β-unsaturated/α-hetero) is 1. The van der Waals surface area contributed by atoms with Crippen molar-refractivity contribution in [1.29, 1.82) is 0 Å². The second-order valence-corrected chi connectivity index (χ2v) is 6.90. The van der Waals surface area contributed by atoms with Crippen LogP contribution in [0.15, 0.2) is 60.7 Å². The van der Waals surface area contributed by atoms with Gasteiger partial charge in [0.1, 0.15) is 5.78 Å². The Morgan fingerprint density at radius 2 is 1.38 bits per heavy atom. The highest BCUT2D eigenvalue weighted by Gasteiger charge is 2.23. The first-order chi connectivity index (χ1) is 11.8. The minimum Gasteiger partial charge on any atom is -0.299 e. The molecule has 0 spiro atoms. The molecule has 0 N–H and O–H groups in total. The molecule has 1 unspecified atom stereocenters. The summed E-state index contributed by atoms with van der Waals surface area (Å²) < 4.78 is 0. The molecule has 1 fully saturated rings. The molecule has 0 radical (unpaired) electrons. The summed E-state index contributed by atoms with van der Waals surface area (Å²) in [6, 6.07) is 21.2. The van der Waals surface area contributed by atoms with E-state index in [0.717, 1.165) is 38.9 Å². The predicted molar refractivity (Wildman–Crippen MR) is 98.6 cm³/mol. The van der Waals surface area contributed by atoms with Gasteiger partial charge in [-0.1, -0.05) is 73.5 Å². The molecule has 2 aromatic carbocycles. The first-order valence-corrected chi connectivity index (χ1v) is 9.14. The van der Waals surface area contributed by atoms with Gasteiger partial charge in [-0.2, -0.15) is 0 Å². The number of carbonyl (C=O) groups excluding carboxylic acids is 1. The van der Waals surface area contributed by atoms with Crippen LogP contribution in [0.25, 0.3) is 0 Å². The summed E-state index contributed by atoms with van der Waals surface area (Å²) in [5, 5.41) is 0. The predicted octanol–water partition coefficient (Wildman–Crippen LogP) is 4.84. The summed E-state index contributed by atoms with van der Waals surface area (Å²) in [7, 11) is 0. The van der Waals surface area contributed by atoms with Crippen LogP contribution in [-0.2, 0) is 17.9 Å². The highest BCUT2D eigenvalue weighted by molar-refractivity contribution is 5.81. The van der Waals surface area contributed by atoms with E-state index in [4.69, 9.17) is 0 Å². The molecular formula is C22H27NO. The monoisotopic (exact) mass is 321 g/mol. The zero-order valence-electron chi connectivity index (χ0n) is 14.4. The van der Waals surface area contributed by atoms with Crippen molar-refractivity contribution in [3.63, 3.8) is 0 Å². The molecule has 0 aromatic heterocycles. The number of hydrogen-bond acceptors (Lipinski definition) is 2. The smallest absolute Gasteiger partial charge is 0.137 e. The van der Waals surface area contributed by atoms with Crippen LogP contribution in [0.2, 0.25) is 0 Å². The van der Waals surface area contributed by atoms with Gasteiger partial charge in [0.2, 0.25) is 0 Å². The van der Waals surface area contributed by atoms with E-state index in [-0.39, 0.29) is 5.92 Å². The minimum atomic E-state index is 0.208. The summed E-state index contributed by atoms with van der Waals surface area (Å²) >= 11 is 0. The van der Waals surface area contributed by atoms with Crippen LogP contribution in [0.5, 0.6) is 0 Å². The van der Waals surface area contributed by atoms with Crippen molar-refractivity contribution in [2.24, 2.45) is 5.92 Å². The fourth-order valence-electron chi connectivity index (χ4n) is 3.60. The Bertz CT molecular complexity index is 581. The highest BCUT2D eigenvalue weighted by atomic mass is 16.1. The molecule has 0 aliphatic heterocycles. The largest absolute Gasteiger partial charge is 0.299 e. The van der Waals surface area contributed by atoms with Gasteiger partial charge in [0.15, 0.2) is 0 Å². The van der Waals surface area contributed by atoms with Crippen molar-refractivity contribution < 1.29 is 4.79 Å². The maximum absolute atomic E-state index is 12.4. The topological polar surface area (TPSA) is 20.3 Å². The molecule has 0 amide bonds. The van der Waals surface area contributed by atoms with Gasteiger partial charge in [-0.25, -0.2) is 0 Å². The maximum Gasteiger partial charge on any atom is 0.137 e. The number of carbonyl (C=O) groups is 1. The molecule has 24 heavy (non-hydrogen) atoms. The SMILES string of the molecule is O=C1CCCCCC1CN(Cc1ccccc1)Cc1ccccc1. The molecular weight excluding hydrogens is 294 g/mol. The summed E-state index contributed by atoms with van der Waals surface area (Å²) in [6.07, 6.45) is 5.31.